The topological polar surface area (TPSA) is 106 Å². The standard InChI is InChI=1S/C14H11ClN2O5S/c15-12-7-6-10(17(19)20)8-13(12)16-14(18)9-23(21,22)11-4-2-1-3-5-11/h1-8H,9H2,(H,16,18). The van der Waals surface area contributed by atoms with Crippen molar-refractivity contribution in [3.8, 4) is 0 Å². The van der Waals surface area contributed by atoms with Gasteiger partial charge < -0.3 is 5.32 Å². The van der Waals surface area contributed by atoms with Crippen LogP contribution in [0.1, 0.15) is 0 Å². The van der Waals surface area contributed by atoms with Crippen molar-refractivity contribution in [1.82, 2.24) is 0 Å². The van der Waals surface area contributed by atoms with Gasteiger partial charge in [0.05, 0.1) is 20.5 Å². The lowest BCUT2D eigenvalue weighted by Gasteiger charge is -2.08. The van der Waals surface area contributed by atoms with E-state index in [1.54, 1.807) is 18.2 Å². The Kier molecular flexibility index (Phi) is 4.97. The number of halogens is 1. The monoisotopic (exact) mass is 354 g/mol. The quantitative estimate of drug-likeness (QED) is 0.656. The third-order valence-electron chi connectivity index (χ3n) is 2.86. The van der Waals surface area contributed by atoms with Crippen LogP contribution in [0.25, 0.3) is 0 Å². The number of non-ortho nitro benzene ring substituents is 1. The van der Waals surface area contributed by atoms with E-state index < -0.39 is 26.4 Å². The van der Waals surface area contributed by atoms with E-state index in [9.17, 15) is 23.3 Å². The number of nitro groups is 1. The van der Waals surface area contributed by atoms with Gasteiger partial charge in [0, 0.05) is 12.1 Å². The maximum Gasteiger partial charge on any atom is 0.271 e. The van der Waals surface area contributed by atoms with Gasteiger partial charge in [-0.1, -0.05) is 29.8 Å². The molecule has 0 unspecified atom stereocenters. The molecule has 0 aliphatic rings. The average molecular weight is 355 g/mol. The fourth-order valence-corrected chi connectivity index (χ4v) is 3.11. The molecule has 0 heterocycles. The molecule has 0 aliphatic heterocycles. The molecule has 2 aromatic rings. The minimum atomic E-state index is -3.81. The van der Waals surface area contributed by atoms with E-state index in [1.807, 2.05) is 0 Å². The van der Waals surface area contributed by atoms with Crippen LogP contribution in [0, 0.1) is 10.1 Å². The van der Waals surface area contributed by atoms with E-state index in [0.717, 1.165) is 6.07 Å². The Balaban J connectivity index is 2.17. The zero-order chi connectivity index (χ0) is 17.0. The first-order chi connectivity index (χ1) is 10.8. The number of anilines is 1. The summed E-state index contributed by atoms with van der Waals surface area (Å²) < 4.78 is 24.2. The van der Waals surface area contributed by atoms with Gasteiger partial charge >= 0.3 is 0 Å². The van der Waals surface area contributed by atoms with Crippen LogP contribution < -0.4 is 5.32 Å². The number of carbonyl (C=O) groups is 1. The summed E-state index contributed by atoms with van der Waals surface area (Å²) in [5.74, 6) is -1.63. The molecule has 120 valence electrons. The highest BCUT2D eigenvalue weighted by atomic mass is 35.5. The predicted octanol–water partition coefficient (Wildman–Crippen LogP) is 2.66. The Morgan fingerprint density at radius 2 is 1.83 bits per heavy atom. The first-order valence-electron chi connectivity index (χ1n) is 6.31. The smallest absolute Gasteiger partial charge is 0.271 e. The number of nitro benzene ring substituents is 1. The Morgan fingerprint density at radius 3 is 2.43 bits per heavy atom. The molecule has 7 nitrogen and oxygen atoms in total. The van der Waals surface area contributed by atoms with Crippen LogP contribution in [0.5, 0.6) is 0 Å². The largest absolute Gasteiger partial charge is 0.324 e. The lowest BCUT2D eigenvalue weighted by Crippen LogP contribution is -2.23. The molecule has 0 bridgehead atoms. The lowest BCUT2D eigenvalue weighted by atomic mass is 10.3. The van der Waals surface area contributed by atoms with Gasteiger partial charge in [0.15, 0.2) is 9.84 Å². The van der Waals surface area contributed by atoms with Gasteiger partial charge in [0.2, 0.25) is 5.91 Å². The fourth-order valence-electron chi connectivity index (χ4n) is 1.79. The highest BCUT2D eigenvalue weighted by molar-refractivity contribution is 7.92. The summed E-state index contributed by atoms with van der Waals surface area (Å²) in [7, 11) is -3.81. The molecule has 0 aromatic heterocycles. The fraction of sp³-hybridized carbons (Fsp3) is 0.0714. The summed E-state index contributed by atoms with van der Waals surface area (Å²) in [4.78, 5) is 22.0. The van der Waals surface area contributed by atoms with Crippen molar-refractivity contribution in [2.45, 2.75) is 4.90 Å². The molecule has 0 spiro atoms. The summed E-state index contributed by atoms with van der Waals surface area (Å²) >= 11 is 5.85. The molecule has 0 aliphatic carbocycles. The maximum absolute atomic E-state index is 12.1. The Hall–Kier alpha value is -2.45. The van der Waals surface area contributed by atoms with Gasteiger partial charge in [0.1, 0.15) is 5.75 Å². The van der Waals surface area contributed by atoms with Gasteiger partial charge in [-0.3, -0.25) is 14.9 Å². The summed E-state index contributed by atoms with van der Waals surface area (Å²) in [5, 5.41) is 13.1. The molecule has 0 saturated carbocycles. The average Bonchev–Trinajstić information content (AvgIpc) is 2.49. The van der Waals surface area contributed by atoms with E-state index in [1.165, 1.54) is 24.3 Å². The van der Waals surface area contributed by atoms with Crippen molar-refractivity contribution in [1.29, 1.82) is 0 Å². The zero-order valence-electron chi connectivity index (χ0n) is 11.6. The lowest BCUT2D eigenvalue weighted by molar-refractivity contribution is -0.384. The number of nitrogens with one attached hydrogen (secondary N) is 1. The highest BCUT2D eigenvalue weighted by Gasteiger charge is 2.20. The minimum absolute atomic E-state index is 0.0142. The molecule has 0 fully saturated rings. The van der Waals surface area contributed by atoms with Crippen molar-refractivity contribution in [3.63, 3.8) is 0 Å². The predicted molar refractivity (Wildman–Crippen MR) is 85.2 cm³/mol. The minimum Gasteiger partial charge on any atom is -0.324 e. The third kappa shape index (κ3) is 4.27. The number of rotatable bonds is 5. The van der Waals surface area contributed by atoms with Gasteiger partial charge in [-0.25, -0.2) is 8.42 Å². The molecular weight excluding hydrogens is 344 g/mol. The number of benzene rings is 2. The number of nitrogens with zero attached hydrogens (tertiary/aromatic N) is 1. The normalized spacial score (nSPS) is 11.0. The van der Waals surface area contributed by atoms with Crippen molar-refractivity contribution in [3.05, 3.63) is 63.7 Å². The van der Waals surface area contributed by atoms with Crippen molar-refractivity contribution in [2.24, 2.45) is 0 Å². The number of hydrogen-bond acceptors (Lipinski definition) is 5. The Bertz CT molecular complexity index is 853. The van der Waals surface area contributed by atoms with Gasteiger partial charge in [-0.05, 0) is 18.2 Å². The molecule has 9 heteroatoms. The van der Waals surface area contributed by atoms with Crippen molar-refractivity contribution >= 4 is 38.7 Å². The molecule has 1 N–H and O–H groups in total. The van der Waals surface area contributed by atoms with E-state index >= 15 is 0 Å². The van der Waals surface area contributed by atoms with Crippen LogP contribution in [0.15, 0.2) is 53.4 Å². The third-order valence-corrected chi connectivity index (χ3v) is 4.82. The second kappa shape index (κ2) is 6.76. The van der Waals surface area contributed by atoms with E-state index in [0.29, 0.717) is 0 Å². The molecule has 2 rings (SSSR count). The maximum atomic E-state index is 12.1. The zero-order valence-corrected chi connectivity index (χ0v) is 13.2. The highest BCUT2D eigenvalue weighted by Crippen LogP contribution is 2.26. The Morgan fingerprint density at radius 1 is 1.17 bits per heavy atom. The van der Waals surface area contributed by atoms with Crippen LogP contribution in [-0.2, 0) is 14.6 Å². The van der Waals surface area contributed by atoms with E-state index in [2.05, 4.69) is 5.32 Å². The number of hydrogen-bond donors (Lipinski definition) is 1. The molecule has 0 saturated heterocycles. The number of sulfone groups is 1. The number of carbonyl (C=O) groups excluding carboxylic acids is 1. The summed E-state index contributed by atoms with van der Waals surface area (Å²) in [6.45, 7) is 0. The second-order valence-electron chi connectivity index (χ2n) is 4.54. The Labute approximate surface area is 137 Å². The van der Waals surface area contributed by atoms with Crippen LogP contribution in [-0.4, -0.2) is 25.0 Å². The SMILES string of the molecule is O=C(CS(=O)(=O)c1ccccc1)Nc1cc([N+](=O)[O-])ccc1Cl. The summed E-state index contributed by atoms with van der Waals surface area (Å²) in [6, 6.07) is 11.0. The summed E-state index contributed by atoms with van der Waals surface area (Å²) in [6.07, 6.45) is 0. The first kappa shape index (κ1) is 16.9. The van der Waals surface area contributed by atoms with Crippen LogP contribution in [0.2, 0.25) is 5.02 Å². The van der Waals surface area contributed by atoms with E-state index in [-0.39, 0.29) is 21.3 Å². The number of amides is 1. The molecule has 0 radical (unpaired) electrons. The summed E-state index contributed by atoms with van der Waals surface area (Å²) in [5.41, 5.74) is -0.287. The van der Waals surface area contributed by atoms with Crippen LogP contribution in [0.3, 0.4) is 0 Å². The van der Waals surface area contributed by atoms with Gasteiger partial charge in [0.25, 0.3) is 5.69 Å². The molecule has 2 aromatic carbocycles. The first-order valence-corrected chi connectivity index (χ1v) is 8.34. The van der Waals surface area contributed by atoms with Gasteiger partial charge in [-0.2, -0.15) is 0 Å². The van der Waals surface area contributed by atoms with Crippen molar-refractivity contribution in [2.75, 3.05) is 11.1 Å². The molecule has 23 heavy (non-hydrogen) atoms. The van der Waals surface area contributed by atoms with Gasteiger partial charge in [-0.15, -0.1) is 0 Å². The molecule has 1 amide bonds. The van der Waals surface area contributed by atoms with Crippen LogP contribution in [0.4, 0.5) is 11.4 Å². The molecular formula is C14H11ClN2O5S. The van der Waals surface area contributed by atoms with E-state index in [4.69, 9.17) is 11.6 Å². The van der Waals surface area contributed by atoms with Crippen LogP contribution >= 0.6 is 11.6 Å². The van der Waals surface area contributed by atoms with Crippen molar-refractivity contribution < 1.29 is 18.1 Å². The molecule has 0 atom stereocenters. The second-order valence-corrected chi connectivity index (χ2v) is 6.94.